The van der Waals surface area contributed by atoms with Crippen LogP contribution in [0.15, 0.2) is 6.07 Å². The van der Waals surface area contributed by atoms with E-state index in [0.717, 1.165) is 30.0 Å². The Bertz CT molecular complexity index is 389. The number of aromatic amines is 1. The van der Waals surface area contributed by atoms with Crippen LogP contribution in [-0.2, 0) is 0 Å². The maximum Gasteiger partial charge on any atom is 0.267 e. The second-order valence-corrected chi connectivity index (χ2v) is 5.43. The maximum atomic E-state index is 12.0. The van der Waals surface area contributed by atoms with Gasteiger partial charge in [0.15, 0.2) is 0 Å². The molecule has 0 saturated heterocycles. The average molecular weight is 234 g/mol. The van der Waals surface area contributed by atoms with Crippen molar-refractivity contribution in [2.45, 2.75) is 52.5 Å². The summed E-state index contributed by atoms with van der Waals surface area (Å²) in [5, 5.41) is 3.14. The number of rotatable bonds is 2. The summed E-state index contributed by atoms with van der Waals surface area (Å²) in [5.74, 6) is 0.779. The summed E-state index contributed by atoms with van der Waals surface area (Å²) < 4.78 is 0. The van der Waals surface area contributed by atoms with Crippen LogP contribution < -0.4 is 5.32 Å². The summed E-state index contributed by atoms with van der Waals surface area (Å²) in [7, 11) is 0. The Morgan fingerprint density at radius 3 is 2.76 bits per heavy atom. The predicted octanol–water partition coefficient (Wildman–Crippen LogP) is 2.94. The van der Waals surface area contributed by atoms with E-state index >= 15 is 0 Å². The number of aromatic nitrogens is 1. The van der Waals surface area contributed by atoms with Gasteiger partial charge in [-0.3, -0.25) is 4.79 Å². The standard InChI is InChI=1S/C14H22N2O/c1-9-5-4-6-12(7-9)16-14(17)13-8-10(2)11(3)15-13/h8-9,12,15H,4-7H2,1-3H3,(H,16,17). The molecule has 94 valence electrons. The van der Waals surface area contributed by atoms with Gasteiger partial charge in [-0.25, -0.2) is 0 Å². The summed E-state index contributed by atoms with van der Waals surface area (Å²) in [5.41, 5.74) is 2.91. The molecule has 0 radical (unpaired) electrons. The molecule has 3 nitrogen and oxygen atoms in total. The number of H-pyrrole nitrogens is 1. The molecule has 2 rings (SSSR count). The second-order valence-electron chi connectivity index (χ2n) is 5.43. The minimum absolute atomic E-state index is 0.0419. The molecule has 1 aromatic rings. The number of aryl methyl sites for hydroxylation is 2. The number of nitrogens with one attached hydrogen (secondary N) is 2. The van der Waals surface area contributed by atoms with Crippen molar-refractivity contribution < 1.29 is 4.79 Å². The van der Waals surface area contributed by atoms with Crippen LogP contribution >= 0.6 is 0 Å². The zero-order chi connectivity index (χ0) is 12.4. The quantitative estimate of drug-likeness (QED) is 0.812. The van der Waals surface area contributed by atoms with E-state index < -0.39 is 0 Å². The van der Waals surface area contributed by atoms with Gasteiger partial charge in [-0.05, 0) is 44.2 Å². The summed E-state index contributed by atoms with van der Waals surface area (Å²) in [6, 6.07) is 2.28. The third kappa shape index (κ3) is 2.90. The predicted molar refractivity (Wildman–Crippen MR) is 69.2 cm³/mol. The topological polar surface area (TPSA) is 44.9 Å². The Hall–Kier alpha value is -1.25. The number of amides is 1. The normalized spacial score (nSPS) is 24.6. The molecule has 2 N–H and O–H groups in total. The van der Waals surface area contributed by atoms with Gasteiger partial charge < -0.3 is 10.3 Å². The average Bonchev–Trinajstić information content (AvgIpc) is 2.59. The molecule has 3 heteroatoms. The van der Waals surface area contributed by atoms with E-state index in [2.05, 4.69) is 17.2 Å². The molecule has 1 heterocycles. The third-order valence-electron chi connectivity index (χ3n) is 3.79. The molecule has 1 fully saturated rings. The van der Waals surface area contributed by atoms with E-state index in [-0.39, 0.29) is 5.91 Å². The van der Waals surface area contributed by atoms with Crippen LogP contribution in [0.5, 0.6) is 0 Å². The third-order valence-corrected chi connectivity index (χ3v) is 3.79. The van der Waals surface area contributed by atoms with Gasteiger partial charge >= 0.3 is 0 Å². The van der Waals surface area contributed by atoms with E-state index in [0.29, 0.717) is 11.7 Å². The summed E-state index contributed by atoms with van der Waals surface area (Å²) in [6.07, 6.45) is 4.77. The molecule has 1 amide bonds. The second kappa shape index (κ2) is 4.94. The molecule has 0 spiro atoms. The summed E-state index contributed by atoms with van der Waals surface area (Å²) in [6.45, 7) is 6.28. The first kappa shape index (κ1) is 12.2. The summed E-state index contributed by atoms with van der Waals surface area (Å²) in [4.78, 5) is 15.2. The van der Waals surface area contributed by atoms with Gasteiger partial charge in [0.25, 0.3) is 5.91 Å². The Morgan fingerprint density at radius 1 is 1.41 bits per heavy atom. The fraction of sp³-hybridized carbons (Fsp3) is 0.643. The van der Waals surface area contributed by atoms with E-state index in [1.807, 2.05) is 19.9 Å². The number of carbonyl (C=O) groups is 1. The molecule has 2 atom stereocenters. The van der Waals surface area contributed by atoms with Crippen molar-refractivity contribution in [1.82, 2.24) is 10.3 Å². The van der Waals surface area contributed by atoms with Gasteiger partial charge in [-0.1, -0.05) is 19.8 Å². The molecular weight excluding hydrogens is 212 g/mol. The lowest BCUT2D eigenvalue weighted by Gasteiger charge is -2.27. The van der Waals surface area contributed by atoms with Crippen LogP contribution in [-0.4, -0.2) is 16.9 Å². The number of hydrogen-bond donors (Lipinski definition) is 2. The number of hydrogen-bond acceptors (Lipinski definition) is 1. The Kier molecular flexibility index (Phi) is 3.55. The molecule has 1 aliphatic rings. The number of carbonyl (C=O) groups excluding carboxylic acids is 1. The highest BCUT2D eigenvalue weighted by Crippen LogP contribution is 2.23. The van der Waals surface area contributed by atoms with Crippen LogP contribution in [0, 0.1) is 19.8 Å². The van der Waals surface area contributed by atoms with Crippen LogP contribution in [0.25, 0.3) is 0 Å². The Morgan fingerprint density at radius 2 is 2.18 bits per heavy atom. The smallest absolute Gasteiger partial charge is 0.267 e. The first-order valence-corrected chi connectivity index (χ1v) is 6.53. The van der Waals surface area contributed by atoms with Gasteiger partial charge in [0.05, 0.1) is 0 Å². The van der Waals surface area contributed by atoms with Crippen LogP contribution in [0.2, 0.25) is 0 Å². The zero-order valence-electron chi connectivity index (χ0n) is 11.0. The lowest BCUT2D eigenvalue weighted by Crippen LogP contribution is -2.38. The lowest BCUT2D eigenvalue weighted by atomic mass is 9.87. The van der Waals surface area contributed by atoms with Crippen molar-refractivity contribution >= 4 is 5.91 Å². The van der Waals surface area contributed by atoms with E-state index in [9.17, 15) is 4.79 Å². The SMILES string of the molecule is Cc1cc(C(=O)NC2CCCC(C)C2)[nH]c1C. The van der Waals surface area contributed by atoms with Crippen LogP contribution in [0.1, 0.15) is 54.4 Å². The van der Waals surface area contributed by atoms with E-state index in [1.54, 1.807) is 0 Å². The molecular formula is C14H22N2O. The maximum absolute atomic E-state index is 12.0. The van der Waals surface area contributed by atoms with Crippen molar-refractivity contribution in [3.05, 3.63) is 23.0 Å². The van der Waals surface area contributed by atoms with E-state index in [1.165, 1.54) is 12.8 Å². The van der Waals surface area contributed by atoms with Crippen molar-refractivity contribution in [2.24, 2.45) is 5.92 Å². The fourth-order valence-corrected chi connectivity index (χ4v) is 2.61. The minimum Gasteiger partial charge on any atom is -0.354 e. The van der Waals surface area contributed by atoms with Crippen LogP contribution in [0.4, 0.5) is 0 Å². The van der Waals surface area contributed by atoms with Crippen molar-refractivity contribution in [3.8, 4) is 0 Å². The highest BCUT2D eigenvalue weighted by molar-refractivity contribution is 5.93. The van der Waals surface area contributed by atoms with Crippen molar-refractivity contribution in [2.75, 3.05) is 0 Å². The Balaban J connectivity index is 1.96. The van der Waals surface area contributed by atoms with Gasteiger partial charge in [0, 0.05) is 11.7 Å². The monoisotopic (exact) mass is 234 g/mol. The first-order chi connectivity index (χ1) is 8.06. The van der Waals surface area contributed by atoms with Gasteiger partial charge in [0.2, 0.25) is 0 Å². The van der Waals surface area contributed by atoms with Gasteiger partial charge in [-0.2, -0.15) is 0 Å². The lowest BCUT2D eigenvalue weighted by molar-refractivity contribution is 0.0917. The molecule has 1 aliphatic carbocycles. The van der Waals surface area contributed by atoms with Crippen molar-refractivity contribution in [1.29, 1.82) is 0 Å². The van der Waals surface area contributed by atoms with Gasteiger partial charge in [0.1, 0.15) is 5.69 Å². The van der Waals surface area contributed by atoms with E-state index in [4.69, 9.17) is 0 Å². The molecule has 1 aromatic heterocycles. The molecule has 2 unspecified atom stereocenters. The molecule has 0 bridgehead atoms. The largest absolute Gasteiger partial charge is 0.354 e. The molecule has 0 aromatic carbocycles. The molecule has 1 saturated carbocycles. The van der Waals surface area contributed by atoms with Gasteiger partial charge in [-0.15, -0.1) is 0 Å². The zero-order valence-corrected chi connectivity index (χ0v) is 11.0. The highest BCUT2D eigenvalue weighted by atomic mass is 16.1. The first-order valence-electron chi connectivity index (χ1n) is 6.53. The van der Waals surface area contributed by atoms with Crippen molar-refractivity contribution in [3.63, 3.8) is 0 Å². The molecule has 17 heavy (non-hydrogen) atoms. The van der Waals surface area contributed by atoms with Crippen LogP contribution in [0.3, 0.4) is 0 Å². The minimum atomic E-state index is 0.0419. The highest BCUT2D eigenvalue weighted by Gasteiger charge is 2.21. The fourth-order valence-electron chi connectivity index (χ4n) is 2.61. The molecule has 0 aliphatic heterocycles. The Labute approximate surface area is 103 Å². The summed E-state index contributed by atoms with van der Waals surface area (Å²) >= 11 is 0.